The van der Waals surface area contributed by atoms with Gasteiger partial charge in [-0.3, -0.25) is 15.2 Å². The Morgan fingerprint density at radius 3 is 2.71 bits per heavy atom. The van der Waals surface area contributed by atoms with Crippen LogP contribution in [0.4, 0.5) is 10.1 Å². The van der Waals surface area contributed by atoms with Gasteiger partial charge in [-0.05, 0) is 12.1 Å². The molecule has 0 aliphatic carbocycles. The first-order chi connectivity index (χ1) is 9.95. The number of rotatable bonds is 3. The molecule has 2 rings (SSSR count). The van der Waals surface area contributed by atoms with Gasteiger partial charge >= 0.3 is 5.97 Å². The molecule has 8 heteroatoms. The van der Waals surface area contributed by atoms with Crippen molar-refractivity contribution in [3.05, 3.63) is 42.0 Å². The highest BCUT2D eigenvalue weighted by atomic mass is 79.9. The Bertz CT molecular complexity index is 608. The van der Waals surface area contributed by atoms with Gasteiger partial charge in [0.15, 0.2) is 10.6 Å². The van der Waals surface area contributed by atoms with Gasteiger partial charge in [-0.15, -0.1) is 0 Å². The predicted octanol–water partition coefficient (Wildman–Crippen LogP) is 1.66. The largest absolute Gasteiger partial charge is 0.464 e. The van der Waals surface area contributed by atoms with Crippen LogP contribution in [-0.4, -0.2) is 40.9 Å². The number of benzene rings is 1. The molecule has 0 spiro atoms. The zero-order valence-electron chi connectivity index (χ0n) is 11.3. The fourth-order valence-electron chi connectivity index (χ4n) is 1.76. The van der Waals surface area contributed by atoms with Gasteiger partial charge in [-0.1, -0.05) is 28.1 Å². The third-order valence-electron chi connectivity index (χ3n) is 2.86. The zero-order valence-corrected chi connectivity index (χ0v) is 12.9. The summed E-state index contributed by atoms with van der Waals surface area (Å²) in [6.45, 7) is 0. The molecule has 1 aliphatic rings. The van der Waals surface area contributed by atoms with Crippen molar-refractivity contribution in [3.63, 3.8) is 0 Å². The number of nitrogens with one attached hydrogen (secondary N) is 1. The summed E-state index contributed by atoms with van der Waals surface area (Å²) in [6.07, 6.45) is 1.32. The standard InChI is InChI=1S/C13H13BrFN3O3/c1-17-7-10(13(20)21-2)18(11(14)12(17)19)16-9-6-4-3-5-8(9)15/h3-7,11,16H,1-2H3. The van der Waals surface area contributed by atoms with Crippen LogP contribution in [0.3, 0.4) is 0 Å². The number of ether oxygens (including phenoxy) is 1. The number of likely N-dealkylation sites (N-methyl/N-ethyl adjacent to an activating group) is 1. The SMILES string of the molecule is COC(=O)C1=CN(C)C(=O)C(Br)N1Nc1ccccc1F. The van der Waals surface area contributed by atoms with Crippen LogP contribution in [0.2, 0.25) is 0 Å². The number of anilines is 1. The number of hydrogen-bond acceptors (Lipinski definition) is 5. The van der Waals surface area contributed by atoms with Crippen molar-refractivity contribution in [1.82, 2.24) is 9.91 Å². The topological polar surface area (TPSA) is 61.9 Å². The maximum atomic E-state index is 13.7. The predicted molar refractivity (Wildman–Crippen MR) is 77.4 cm³/mol. The highest BCUT2D eigenvalue weighted by molar-refractivity contribution is 9.09. The van der Waals surface area contributed by atoms with E-state index in [1.165, 1.54) is 42.4 Å². The number of carbonyl (C=O) groups is 2. The number of halogens is 2. The van der Waals surface area contributed by atoms with Crippen molar-refractivity contribution in [2.45, 2.75) is 4.95 Å². The van der Waals surface area contributed by atoms with E-state index in [4.69, 9.17) is 0 Å². The van der Waals surface area contributed by atoms with E-state index in [0.717, 1.165) is 0 Å². The fourth-order valence-corrected chi connectivity index (χ4v) is 2.41. The first-order valence-corrected chi connectivity index (χ1v) is 6.88. The molecule has 0 saturated carbocycles. The van der Waals surface area contributed by atoms with E-state index in [1.807, 2.05) is 0 Å². The molecule has 1 atom stereocenters. The second kappa shape index (κ2) is 6.13. The molecule has 6 nitrogen and oxygen atoms in total. The first kappa shape index (κ1) is 15.3. The van der Waals surface area contributed by atoms with Crippen molar-refractivity contribution in [2.75, 3.05) is 19.6 Å². The minimum Gasteiger partial charge on any atom is -0.464 e. The Hall–Kier alpha value is -2.09. The molecule has 1 unspecified atom stereocenters. The van der Waals surface area contributed by atoms with Crippen molar-refractivity contribution in [1.29, 1.82) is 0 Å². The molecular weight excluding hydrogens is 345 g/mol. The van der Waals surface area contributed by atoms with Crippen molar-refractivity contribution in [3.8, 4) is 0 Å². The smallest absolute Gasteiger partial charge is 0.357 e. The van der Waals surface area contributed by atoms with Crippen LogP contribution in [-0.2, 0) is 14.3 Å². The average Bonchev–Trinajstić information content (AvgIpc) is 2.48. The lowest BCUT2D eigenvalue weighted by Crippen LogP contribution is -2.51. The number of nitrogens with zero attached hydrogens (tertiary/aromatic N) is 2. The van der Waals surface area contributed by atoms with Crippen LogP contribution in [0.15, 0.2) is 36.2 Å². The summed E-state index contributed by atoms with van der Waals surface area (Å²) in [5.74, 6) is -1.47. The Balaban J connectivity index is 2.37. The van der Waals surface area contributed by atoms with Gasteiger partial charge in [-0.25, -0.2) is 9.18 Å². The molecule has 21 heavy (non-hydrogen) atoms. The zero-order chi connectivity index (χ0) is 15.6. The summed E-state index contributed by atoms with van der Waals surface area (Å²) in [5.41, 5.74) is 2.92. The van der Waals surface area contributed by atoms with Crippen molar-refractivity contribution < 1.29 is 18.7 Å². The first-order valence-electron chi connectivity index (χ1n) is 5.97. The highest BCUT2D eigenvalue weighted by Gasteiger charge is 2.36. The van der Waals surface area contributed by atoms with Gasteiger partial charge in [0.25, 0.3) is 5.91 Å². The normalized spacial score (nSPS) is 18.4. The molecule has 1 N–H and O–H groups in total. The third kappa shape index (κ3) is 2.99. The van der Waals surface area contributed by atoms with E-state index in [-0.39, 0.29) is 17.3 Å². The van der Waals surface area contributed by atoms with Gasteiger partial charge in [0.2, 0.25) is 0 Å². The Morgan fingerprint density at radius 2 is 2.10 bits per heavy atom. The van der Waals surface area contributed by atoms with Crippen LogP contribution < -0.4 is 5.43 Å². The van der Waals surface area contributed by atoms with Gasteiger partial charge in [0.1, 0.15) is 5.82 Å². The van der Waals surface area contributed by atoms with Gasteiger partial charge in [-0.2, -0.15) is 0 Å². The van der Waals surface area contributed by atoms with E-state index < -0.39 is 16.7 Å². The Morgan fingerprint density at radius 1 is 1.43 bits per heavy atom. The molecule has 0 radical (unpaired) electrons. The van der Waals surface area contributed by atoms with E-state index in [9.17, 15) is 14.0 Å². The maximum Gasteiger partial charge on any atom is 0.357 e. The lowest BCUT2D eigenvalue weighted by Gasteiger charge is -2.36. The van der Waals surface area contributed by atoms with E-state index in [0.29, 0.717) is 0 Å². The summed E-state index contributed by atoms with van der Waals surface area (Å²) in [5, 5.41) is 1.21. The second-order valence-corrected chi connectivity index (χ2v) is 5.12. The minimum atomic E-state index is -0.874. The summed E-state index contributed by atoms with van der Waals surface area (Å²) < 4.78 is 18.4. The number of hydrazine groups is 1. The maximum absolute atomic E-state index is 13.7. The van der Waals surface area contributed by atoms with E-state index >= 15 is 0 Å². The van der Waals surface area contributed by atoms with Gasteiger partial charge in [0.05, 0.1) is 12.8 Å². The molecule has 0 bridgehead atoms. The average molecular weight is 358 g/mol. The highest BCUT2D eigenvalue weighted by Crippen LogP contribution is 2.25. The van der Waals surface area contributed by atoms with Crippen LogP contribution in [0.1, 0.15) is 0 Å². The number of esters is 1. The van der Waals surface area contributed by atoms with E-state index in [2.05, 4.69) is 26.1 Å². The summed E-state index contributed by atoms with van der Waals surface area (Å²) in [7, 11) is 2.74. The molecule has 1 aromatic rings. The van der Waals surface area contributed by atoms with Crippen molar-refractivity contribution >= 4 is 33.5 Å². The van der Waals surface area contributed by atoms with E-state index in [1.54, 1.807) is 12.1 Å². The quantitative estimate of drug-likeness (QED) is 0.506. The number of hydrogen-bond donors (Lipinski definition) is 1. The molecule has 1 aromatic carbocycles. The Labute approximate surface area is 129 Å². The number of carbonyl (C=O) groups excluding carboxylic acids is 2. The third-order valence-corrected chi connectivity index (χ3v) is 3.66. The fraction of sp³-hybridized carbons (Fsp3) is 0.231. The van der Waals surface area contributed by atoms with Crippen LogP contribution >= 0.6 is 15.9 Å². The summed E-state index contributed by atoms with van der Waals surface area (Å²) >= 11 is 3.18. The second-order valence-electron chi connectivity index (χ2n) is 4.25. The molecular formula is C13H13BrFN3O3. The number of methoxy groups -OCH3 is 1. The molecule has 1 aliphatic heterocycles. The van der Waals surface area contributed by atoms with Gasteiger partial charge in [0, 0.05) is 13.2 Å². The van der Waals surface area contributed by atoms with Crippen LogP contribution in [0.5, 0.6) is 0 Å². The molecule has 0 fully saturated rings. The number of alkyl halides is 1. The van der Waals surface area contributed by atoms with Crippen LogP contribution in [0, 0.1) is 5.82 Å². The molecule has 0 aromatic heterocycles. The number of para-hydroxylation sites is 1. The molecule has 1 amide bonds. The number of amides is 1. The molecule has 1 heterocycles. The van der Waals surface area contributed by atoms with Crippen molar-refractivity contribution in [2.24, 2.45) is 0 Å². The minimum absolute atomic E-state index is 0.0738. The lowest BCUT2D eigenvalue weighted by molar-refractivity contribution is -0.139. The van der Waals surface area contributed by atoms with Gasteiger partial charge < -0.3 is 9.64 Å². The molecule has 0 saturated heterocycles. The lowest BCUT2D eigenvalue weighted by atomic mass is 10.3. The van der Waals surface area contributed by atoms with Crippen LogP contribution in [0.25, 0.3) is 0 Å². The summed E-state index contributed by atoms with van der Waals surface area (Å²) in [6, 6.07) is 5.93. The molecule has 112 valence electrons. The Kier molecular flexibility index (Phi) is 4.46. The summed E-state index contributed by atoms with van der Waals surface area (Å²) in [4.78, 5) is 24.2. The monoisotopic (exact) mass is 357 g/mol.